The fourth-order valence-corrected chi connectivity index (χ4v) is 3.24. The summed E-state index contributed by atoms with van der Waals surface area (Å²) in [5.74, 6) is -0.651. The molecule has 2 amide bonds. The normalized spacial score (nSPS) is 22.1. The SMILES string of the molecule is O=C(c1cc(Br)ccc1F)N1CCN2C(=O)CCC2C1. The van der Waals surface area contributed by atoms with Crippen LogP contribution in [0, 0.1) is 5.82 Å². The Balaban J connectivity index is 1.78. The molecule has 1 aromatic rings. The van der Waals surface area contributed by atoms with E-state index in [2.05, 4.69) is 15.9 Å². The van der Waals surface area contributed by atoms with Crippen LogP contribution in [0.15, 0.2) is 22.7 Å². The molecule has 0 spiro atoms. The smallest absolute Gasteiger partial charge is 0.257 e. The van der Waals surface area contributed by atoms with Crippen LogP contribution in [0.3, 0.4) is 0 Å². The van der Waals surface area contributed by atoms with E-state index in [1.165, 1.54) is 12.1 Å². The standard InChI is InChI=1S/C14H14BrFN2O2/c15-9-1-3-12(16)11(7-9)14(20)17-5-6-18-10(8-17)2-4-13(18)19/h1,3,7,10H,2,4-6,8H2. The molecule has 1 aromatic carbocycles. The Morgan fingerprint density at radius 1 is 1.35 bits per heavy atom. The average molecular weight is 341 g/mol. The molecular formula is C14H14BrFN2O2. The number of rotatable bonds is 1. The lowest BCUT2D eigenvalue weighted by Gasteiger charge is -2.37. The molecule has 4 nitrogen and oxygen atoms in total. The number of benzene rings is 1. The van der Waals surface area contributed by atoms with Gasteiger partial charge in [-0.25, -0.2) is 4.39 Å². The van der Waals surface area contributed by atoms with Crippen molar-refractivity contribution in [3.63, 3.8) is 0 Å². The second kappa shape index (κ2) is 5.16. The molecule has 2 aliphatic rings. The summed E-state index contributed by atoms with van der Waals surface area (Å²) in [5.41, 5.74) is 0.0807. The Labute approximate surface area is 124 Å². The molecule has 0 radical (unpaired) electrons. The number of amides is 2. The zero-order chi connectivity index (χ0) is 14.3. The summed E-state index contributed by atoms with van der Waals surface area (Å²) in [6, 6.07) is 4.45. The Hall–Kier alpha value is -1.43. The highest BCUT2D eigenvalue weighted by Crippen LogP contribution is 2.25. The lowest BCUT2D eigenvalue weighted by atomic mass is 10.1. The molecule has 1 unspecified atom stereocenters. The average Bonchev–Trinajstić information content (AvgIpc) is 2.82. The highest BCUT2D eigenvalue weighted by Gasteiger charge is 2.37. The van der Waals surface area contributed by atoms with Crippen LogP contribution in [-0.4, -0.2) is 47.3 Å². The second-order valence-corrected chi connectivity index (χ2v) is 6.07. The van der Waals surface area contributed by atoms with Gasteiger partial charge in [-0.15, -0.1) is 0 Å². The molecule has 0 saturated carbocycles. The fraction of sp³-hybridized carbons (Fsp3) is 0.429. The van der Waals surface area contributed by atoms with E-state index in [-0.39, 0.29) is 23.4 Å². The first kappa shape index (κ1) is 13.5. The maximum Gasteiger partial charge on any atom is 0.257 e. The zero-order valence-electron chi connectivity index (χ0n) is 10.8. The van der Waals surface area contributed by atoms with E-state index in [9.17, 15) is 14.0 Å². The second-order valence-electron chi connectivity index (χ2n) is 5.15. The summed E-state index contributed by atoms with van der Waals surface area (Å²) in [7, 11) is 0. The number of hydrogen-bond donors (Lipinski definition) is 0. The molecule has 2 aliphatic heterocycles. The molecule has 0 bridgehead atoms. The molecule has 0 N–H and O–H groups in total. The third-order valence-corrected chi connectivity index (χ3v) is 4.43. The van der Waals surface area contributed by atoms with E-state index in [1.54, 1.807) is 11.0 Å². The summed E-state index contributed by atoms with van der Waals surface area (Å²) < 4.78 is 14.4. The van der Waals surface area contributed by atoms with E-state index < -0.39 is 5.82 Å². The first-order chi connectivity index (χ1) is 9.56. The molecule has 0 aromatic heterocycles. The molecule has 2 saturated heterocycles. The van der Waals surface area contributed by atoms with Crippen LogP contribution < -0.4 is 0 Å². The van der Waals surface area contributed by atoms with Crippen LogP contribution in [0.1, 0.15) is 23.2 Å². The minimum atomic E-state index is -0.511. The Morgan fingerprint density at radius 3 is 2.95 bits per heavy atom. The van der Waals surface area contributed by atoms with E-state index in [4.69, 9.17) is 0 Å². The number of halogens is 2. The quantitative estimate of drug-likeness (QED) is 0.784. The monoisotopic (exact) mass is 340 g/mol. The summed E-state index contributed by atoms with van der Waals surface area (Å²) in [5, 5.41) is 0. The van der Waals surface area contributed by atoms with Gasteiger partial charge >= 0.3 is 0 Å². The summed E-state index contributed by atoms with van der Waals surface area (Å²) in [4.78, 5) is 27.5. The van der Waals surface area contributed by atoms with Crippen molar-refractivity contribution in [3.8, 4) is 0 Å². The molecular weight excluding hydrogens is 327 g/mol. The van der Waals surface area contributed by atoms with E-state index in [0.29, 0.717) is 30.5 Å². The minimum Gasteiger partial charge on any atom is -0.336 e. The number of piperazine rings is 1. The highest BCUT2D eigenvalue weighted by molar-refractivity contribution is 9.10. The van der Waals surface area contributed by atoms with Gasteiger partial charge in [-0.05, 0) is 24.6 Å². The zero-order valence-corrected chi connectivity index (χ0v) is 12.4. The van der Waals surface area contributed by atoms with Gasteiger partial charge in [0.1, 0.15) is 5.82 Å². The Morgan fingerprint density at radius 2 is 2.15 bits per heavy atom. The van der Waals surface area contributed by atoms with Gasteiger partial charge < -0.3 is 9.80 Å². The van der Waals surface area contributed by atoms with Crippen LogP contribution in [0.2, 0.25) is 0 Å². The number of carbonyl (C=O) groups excluding carboxylic acids is 2. The van der Waals surface area contributed by atoms with Crippen molar-refractivity contribution in [2.24, 2.45) is 0 Å². The van der Waals surface area contributed by atoms with Crippen LogP contribution in [0.25, 0.3) is 0 Å². The molecule has 2 fully saturated rings. The van der Waals surface area contributed by atoms with Crippen molar-refractivity contribution in [2.75, 3.05) is 19.6 Å². The molecule has 0 aliphatic carbocycles. The van der Waals surface area contributed by atoms with Gasteiger partial charge in [-0.2, -0.15) is 0 Å². The summed E-state index contributed by atoms with van der Waals surface area (Å²) in [6.45, 7) is 1.51. The van der Waals surface area contributed by atoms with Gasteiger partial charge in [-0.3, -0.25) is 9.59 Å². The van der Waals surface area contributed by atoms with Crippen molar-refractivity contribution >= 4 is 27.7 Å². The molecule has 1 atom stereocenters. The third-order valence-electron chi connectivity index (χ3n) is 3.94. The van der Waals surface area contributed by atoms with Crippen molar-refractivity contribution in [3.05, 3.63) is 34.1 Å². The number of hydrogen-bond acceptors (Lipinski definition) is 2. The van der Waals surface area contributed by atoms with E-state index in [1.807, 2.05) is 4.90 Å². The minimum absolute atomic E-state index is 0.0807. The van der Waals surface area contributed by atoms with Crippen LogP contribution in [-0.2, 0) is 4.79 Å². The van der Waals surface area contributed by atoms with Crippen molar-refractivity contribution in [1.29, 1.82) is 0 Å². The fourth-order valence-electron chi connectivity index (χ4n) is 2.88. The maximum atomic E-state index is 13.8. The molecule has 2 heterocycles. The van der Waals surface area contributed by atoms with Crippen LogP contribution >= 0.6 is 15.9 Å². The number of carbonyl (C=O) groups is 2. The molecule has 20 heavy (non-hydrogen) atoms. The van der Waals surface area contributed by atoms with Crippen molar-refractivity contribution in [1.82, 2.24) is 9.80 Å². The number of fused-ring (bicyclic) bond motifs is 1. The van der Waals surface area contributed by atoms with Crippen LogP contribution in [0.5, 0.6) is 0 Å². The van der Waals surface area contributed by atoms with Crippen LogP contribution in [0.4, 0.5) is 4.39 Å². The van der Waals surface area contributed by atoms with E-state index >= 15 is 0 Å². The molecule has 3 rings (SSSR count). The predicted octanol–water partition coefficient (Wildman–Crippen LogP) is 2.03. The van der Waals surface area contributed by atoms with Gasteiger partial charge in [0.25, 0.3) is 5.91 Å². The van der Waals surface area contributed by atoms with Gasteiger partial charge in [0, 0.05) is 36.6 Å². The lowest BCUT2D eigenvalue weighted by molar-refractivity contribution is -0.130. The van der Waals surface area contributed by atoms with Gasteiger partial charge in [-0.1, -0.05) is 15.9 Å². The third kappa shape index (κ3) is 2.32. The van der Waals surface area contributed by atoms with Gasteiger partial charge in [0.05, 0.1) is 5.56 Å². The molecule has 106 valence electrons. The topological polar surface area (TPSA) is 40.6 Å². The van der Waals surface area contributed by atoms with E-state index in [0.717, 1.165) is 6.42 Å². The number of nitrogens with zero attached hydrogens (tertiary/aromatic N) is 2. The maximum absolute atomic E-state index is 13.8. The lowest BCUT2D eigenvalue weighted by Crippen LogP contribution is -2.53. The summed E-state index contributed by atoms with van der Waals surface area (Å²) >= 11 is 3.25. The van der Waals surface area contributed by atoms with Gasteiger partial charge in [0.2, 0.25) is 5.91 Å². The largest absolute Gasteiger partial charge is 0.336 e. The van der Waals surface area contributed by atoms with Gasteiger partial charge in [0.15, 0.2) is 0 Å². The Kier molecular flexibility index (Phi) is 3.50. The Bertz CT molecular complexity index is 578. The van der Waals surface area contributed by atoms with Crippen molar-refractivity contribution in [2.45, 2.75) is 18.9 Å². The summed E-state index contributed by atoms with van der Waals surface area (Å²) in [6.07, 6.45) is 1.33. The first-order valence-corrected chi connectivity index (χ1v) is 7.39. The molecule has 6 heteroatoms. The first-order valence-electron chi connectivity index (χ1n) is 6.60. The predicted molar refractivity (Wildman–Crippen MR) is 74.7 cm³/mol. The highest BCUT2D eigenvalue weighted by atomic mass is 79.9. The van der Waals surface area contributed by atoms with Crippen molar-refractivity contribution < 1.29 is 14.0 Å².